The molecule has 1 aromatic heterocycles. The number of carbonyl (C=O) groups excluding carboxylic acids is 1. The monoisotopic (exact) mass is 475 g/mol. The van der Waals surface area contributed by atoms with Gasteiger partial charge >= 0.3 is 5.97 Å². The molecule has 0 aliphatic carbocycles. The summed E-state index contributed by atoms with van der Waals surface area (Å²) in [5, 5.41) is 8.09. The van der Waals surface area contributed by atoms with Crippen LogP contribution in [0.15, 0.2) is 94.1 Å². The molecule has 0 radical (unpaired) electrons. The first-order valence-corrected chi connectivity index (χ1v) is 11.5. The lowest BCUT2D eigenvalue weighted by atomic mass is 10.0. The van der Waals surface area contributed by atoms with Gasteiger partial charge in [-0.1, -0.05) is 36.4 Å². The van der Waals surface area contributed by atoms with Gasteiger partial charge in [0, 0.05) is 17.1 Å². The predicted molar refractivity (Wildman–Crippen MR) is 131 cm³/mol. The summed E-state index contributed by atoms with van der Waals surface area (Å²) in [4.78, 5) is 11.9. The number of hydrogen-bond donors (Lipinski definition) is 2. The summed E-state index contributed by atoms with van der Waals surface area (Å²) in [6, 6.07) is 20.4. The van der Waals surface area contributed by atoms with E-state index in [-0.39, 0.29) is 10.9 Å². The third kappa shape index (κ3) is 4.39. The van der Waals surface area contributed by atoms with Gasteiger partial charge in [0.05, 0.1) is 29.3 Å². The first-order valence-electron chi connectivity index (χ1n) is 10.1. The number of guanidine groups is 1. The predicted octanol–water partition coefficient (Wildman–Crippen LogP) is 2.94. The van der Waals surface area contributed by atoms with E-state index in [4.69, 9.17) is 16.2 Å². The molecule has 0 unspecified atom stereocenters. The number of esters is 1. The van der Waals surface area contributed by atoms with E-state index in [1.54, 1.807) is 48.5 Å². The molecule has 0 spiro atoms. The smallest absolute Gasteiger partial charge is 0.337 e. The van der Waals surface area contributed by atoms with Crippen molar-refractivity contribution in [1.82, 2.24) is 3.97 Å². The van der Waals surface area contributed by atoms with E-state index in [0.29, 0.717) is 22.0 Å². The SMILES string of the molecule is COC(=O)c1ccc(-c2ccc3c(c2)c(/C=N/N=C(N)N)cn3S(=O)(=O)c2ccccc2)cc1. The van der Waals surface area contributed by atoms with Crippen LogP contribution in [0.4, 0.5) is 0 Å². The first-order chi connectivity index (χ1) is 16.3. The summed E-state index contributed by atoms with van der Waals surface area (Å²) in [5.41, 5.74) is 13.7. The van der Waals surface area contributed by atoms with Gasteiger partial charge in [0.2, 0.25) is 5.96 Å². The molecule has 1 heterocycles. The maximum Gasteiger partial charge on any atom is 0.337 e. The Labute approximate surface area is 196 Å². The van der Waals surface area contributed by atoms with E-state index in [1.807, 2.05) is 12.1 Å². The van der Waals surface area contributed by atoms with Crippen LogP contribution in [0.3, 0.4) is 0 Å². The molecule has 9 nitrogen and oxygen atoms in total. The number of methoxy groups -OCH3 is 1. The number of nitrogens with two attached hydrogens (primary N) is 2. The number of ether oxygens (including phenoxy) is 1. The van der Waals surface area contributed by atoms with Gasteiger partial charge in [0.15, 0.2) is 0 Å². The number of benzene rings is 3. The van der Waals surface area contributed by atoms with Crippen LogP contribution < -0.4 is 11.5 Å². The van der Waals surface area contributed by atoms with Gasteiger partial charge in [-0.05, 0) is 47.5 Å². The average molecular weight is 476 g/mol. The number of nitrogens with zero attached hydrogens (tertiary/aromatic N) is 3. The van der Waals surface area contributed by atoms with Crippen LogP contribution >= 0.6 is 0 Å². The Morgan fingerprint density at radius 1 is 0.971 bits per heavy atom. The van der Waals surface area contributed by atoms with Crippen molar-refractivity contribution in [2.24, 2.45) is 21.7 Å². The molecule has 34 heavy (non-hydrogen) atoms. The van der Waals surface area contributed by atoms with E-state index in [0.717, 1.165) is 11.1 Å². The zero-order valence-corrected chi connectivity index (χ0v) is 18.9. The zero-order valence-electron chi connectivity index (χ0n) is 18.1. The molecule has 0 aliphatic rings. The van der Waals surface area contributed by atoms with E-state index in [9.17, 15) is 13.2 Å². The van der Waals surface area contributed by atoms with E-state index < -0.39 is 16.0 Å². The van der Waals surface area contributed by atoms with E-state index in [1.165, 1.54) is 35.6 Å². The second-order valence-electron chi connectivity index (χ2n) is 7.27. The second kappa shape index (κ2) is 9.20. The minimum absolute atomic E-state index is 0.155. The summed E-state index contributed by atoms with van der Waals surface area (Å²) in [6.07, 6.45) is 2.87. The Balaban J connectivity index is 1.87. The van der Waals surface area contributed by atoms with Crippen LogP contribution in [0.25, 0.3) is 22.0 Å². The fourth-order valence-electron chi connectivity index (χ4n) is 3.49. The maximum absolute atomic E-state index is 13.3. The Hall–Kier alpha value is -4.44. The van der Waals surface area contributed by atoms with Gasteiger partial charge in [0.25, 0.3) is 10.0 Å². The highest BCUT2D eigenvalue weighted by Crippen LogP contribution is 2.30. The maximum atomic E-state index is 13.3. The van der Waals surface area contributed by atoms with E-state index >= 15 is 0 Å². The minimum atomic E-state index is -3.86. The summed E-state index contributed by atoms with van der Waals surface area (Å²) in [5.74, 6) is -0.647. The third-order valence-electron chi connectivity index (χ3n) is 5.11. The first kappa shape index (κ1) is 22.7. The number of rotatable bonds is 6. The third-order valence-corrected chi connectivity index (χ3v) is 6.80. The van der Waals surface area contributed by atoms with Gasteiger partial charge < -0.3 is 16.2 Å². The average Bonchev–Trinajstić information content (AvgIpc) is 3.22. The number of hydrogen-bond acceptors (Lipinski definition) is 6. The van der Waals surface area contributed by atoms with Crippen LogP contribution in [0.2, 0.25) is 0 Å². The second-order valence-corrected chi connectivity index (χ2v) is 9.08. The Morgan fingerprint density at radius 3 is 2.29 bits per heavy atom. The van der Waals surface area contributed by atoms with Gasteiger partial charge in [-0.25, -0.2) is 17.2 Å². The van der Waals surface area contributed by atoms with Crippen molar-refractivity contribution in [2.75, 3.05) is 7.11 Å². The summed E-state index contributed by atoms with van der Waals surface area (Å²) in [6.45, 7) is 0. The summed E-state index contributed by atoms with van der Waals surface area (Å²) < 4.78 is 32.6. The highest BCUT2D eigenvalue weighted by Gasteiger charge is 2.21. The molecule has 4 rings (SSSR count). The van der Waals surface area contributed by atoms with Crippen LogP contribution in [0, 0.1) is 0 Å². The molecular weight excluding hydrogens is 454 g/mol. The lowest BCUT2D eigenvalue weighted by Gasteiger charge is -2.08. The van der Waals surface area contributed by atoms with Crippen molar-refractivity contribution < 1.29 is 17.9 Å². The Morgan fingerprint density at radius 2 is 1.65 bits per heavy atom. The number of fused-ring (bicyclic) bond motifs is 1. The molecule has 0 fully saturated rings. The van der Waals surface area contributed by atoms with Gasteiger partial charge in [0.1, 0.15) is 0 Å². The normalized spacial score (nSPS) is 11.6. The molecule has 4 N–H and O–H groups in total. The van der Waals surface area contributed by atoms with Crippen molar-refractivity contribution in [2.45, 2.75) is 4.90 Å². The van der Waals surface area contributed by atoms with Crippen LogP contribution in [-0.2, 0) is 14.8 Å². The lowest BCUT2D eigenvalue weighted by molar-refractivity contribution is 0.0600. The Kier molecular flexibility index (Phi) is 6.15. The van der Waals surface area contributed by atoms with E-state index in [2.05, 4.69) is 10.2 Å². The van der Waals surface area contributed by atoms with Crippen molar-refractivity contribution >= 4 is 39.1 Å². The molecule has 0 atom stereocenters. The summed E-state index contributed by atoms with van der Waals surface area (Å²) in [7, 11) is -2.54. The van der Waals surface area contributed by atoms with Gasteiger partial charge in [-0.15, -0.1) is 5.10 Å². The molecule has 4 aromatic rings. The number of aromatic nitrogens is 1. The van der Waals surface area contributed by atoms with Crippen molar-refractivity contribution in [1.29, 1.82) is 0 Å². The molecule has 0 saturated carbocycles. The molecule has 3 aromatic carbocycles. The highest BCUT2D eigenvalue weighted by molar-refractivity contribution is 7.90. The standard InChI is InChI=1S/C24H21N5O4S/c1-33-23(30)17-9-7-16(8-10-17)18-11-12-22-21(13-18)19(14-27-28-24(25)26)15-29(22)34(31,32)20-5-3-2-4-6-20/h2-15H,1H3,(H4,25,26,28)/b27-14+. The van der Waals surface area contributed by atoms with Crippen molar-refractivity contribution in [3.63, 3.8) is 0 Å². The largest absolute Gasteiger partial charge is 0.465 e. The quantitative estimate of drug-likeness (QED) is 0.190. The molecule has 10 heteroatoms. The molecule has 0 bridgehead atoms. The van der Waals surface area contributed by atoms with Crippen molar-refractivity contribution in [3.05, 3.63) is 90.1 Å². The van der Waals surface area contributed by atoms with Crippen molar-refractivity contribution in [3.8, 4) is 11.1 Å². The fourth-order valence-corrected chi connectivity index (χ4v) is 4.89. The minimum Gasteiger partial charge on any atom is -0.465 e. The van der Waals surface area contributed by atoms with Crippen LogP contribution in [0.1, 0.15) is 15.9 Å². The van der Waals surface area contributed by atoms with Gasteiger partial charge in [-0.3, -0.25) is 0 Å². The summed E-state index contributed by atoms with van der Waals surface area (Å²) >= 11 is 0. The highest BCUT2D eigenvalue weighted by atomic mass is 32.2. The Bertz CT molecular complexity index is 1520. The van der Waals surface area contributed by atoms with Crippen LogP contribution in [0.5, 0.6) is 0 Å². The van der Waals surface area contributed by atoms with Gasteiger partial charge in [-0.2, -0.15) is 5.10 Å². The molecular formula is C24H21N5O4S. The number of carbonyl (C=O) groups is 1. The van der Waals surface area contributed by atoms with Crippen LogP contribution in [-0.4, -0.2) is 37.6 Å². The molecule has 0 saturated heterocycles. The molecule has 172 valence electrons. The fraction of sp³-hybridized carbons (Fsp3) is 0.0417. The lowest BCUT2D eigenvalue weighted by Crippen LogP contribution is -2.21. The zero-order chi connectivity index (χ0) is 24.3. The molecule has 0 aliphatic heterocycles. The topological polar surface area (TPSA) is 142 Å². The molecule has 0 amide bonds.